The maximum atomic E-state index is 12.6. The number of hydrogen-bond acceptors (Lipinski definition) is 4. The Bertz CT molecular complexity index is 451. The second-order valence-corrected chi connectivity index (χ2v) is 5.75. The first-order valence-corrected chi connectivity index (χ1v) is 6.88. The molecular formula is C15H22N2O2. The van der Waals surface area contributed by atoms with Crippen LogP contribution < -0.4 is 10.1 Å². The standard InChI is InChI=1S/C15H22N2O2/c1-11(2)19-13-7-12(8-17-9-13)14(18)15(3)5-4-6-16-10-15/h7-9,11,16H,4-6,10H2,1-3H3. The average Bonchev–Trinajstić information content (AvgIpc) is 2.38. The fraction of sp³-hybridized carbons (Fsp3) is 0.600. The van der Waals surface area contributed by atoms with Gasteiger partial charge in [0.2, 0.25) is 0 Å². The third-order valence-corrected chi connectivity index (χ3v) is 3.49. The Morgan fingerprint density at radius 1 is 1.47 bits per heavy atom. The van der Waals surface area contributed by atoms with Crippen LogP contribution in [0.1, 0.15) is 44.0 Å². The summed E-state index contributed by atoms with van der Waals surface area (Å²) < 4.78 is 5.59. The molecule has 0 radical (unpaired) electrons. The molecule has 1 atom stereocenters. The molecule has 0 saturated carbocycles. The number of Topliss-reactive ketones (excluding diaryl/α,β-unsaturated/α-hetero) is 1. The number of nitrogens with zero attached hydrogens (tertiary/aromatic N) is 1. The zero-order valence-corrected chi connectivity index (χ0v) is 11.9. The summed E-state index contributed by atoms with van der Waals surface area (Å²) in [5.41, 5.74) is 0.320. The molecule has 0 amide bonds. The van der Waals surface area contributed by atoms with E-state index in [0.717, 1.165) is 25.9 Å². The van der Waals surface area contributed by atoms with E-state index in [1.807, 2.05) is 20.8 Å². The summed E-state index contributed by atoms with van der Waals surface area (Å²) >= 11 is 0. The predicted molar refractivity (Wildman–Crippen MR) is 74.5 cm³/mol. The minimum Gasteiger partial charge on any atom is -0.489 e. The molecule has 2 heterocycles. The van der Waals surface area contributed by atoms with Crippen molar-refractivity contribution in [3.63, 3.8) is 0 Å². The minimum atomic E-state index is -0.323. The first kappa shape index (κ1) is 14.0. The van der Waals surface area contributed by atoms with Crippen LogP contribution in [-0.4, -0.2) is 30.0 Å². The van der Waals surface area contributed by atoms with Crippen molar-refractivity contribution in [3.8, 4) is 5.75 Å². The smallest absolute Gasteiger partial charge is 0.171 e. The Morgan fingerprint density at radius 3 is 2.89 bits per heavy atom. The number of ketones is 1. The van der Waals surface area contributed by atoms with Gasteiger partial charge in [0.15, 0.2) is 5.78 Å². The van der Waals surface area contributed by atoms with E-state index in [1.165, 1.54) is 0 Å². The molecule has 4 heteroatoms. The Morgan fingerprint density at radius 2 is 2.26 bits per heavy atom. The topological polar surface area (TPSA) is 51.2 Å². The fourth-order valence-electron chi connectivity index (χ4n) is 2.48. The average molecular weight is 262 g/mol. The number of rotatable bonds is 4. The van der Waals surface area contributed by atoms with Crippen LogP contribution in [0.25, 0.3) is 0 Å². The maximum Gasteiger partial charge on any atom is 0.171 e. The maximum absolute atomic E-state index is 12.6. The van der Waals surface area contributed by atoms with E-state index in [9.17, 15) is 4.79 Å². The number of pyridine rings is 1. The predicted octanol–water partition coefficient (Wildman–Crippen LogP) is 2.44. The molecule has 1 unspecified atom stereocenters. The molecule has 0 aromatic carbocycles. The number of piperidine rings is 1. The van der Waals surface area contributed by atoms with Crippen molar-refractivity contribution in [2.75, 3.05) is 13.1 Å². The van der Waals surface area contributed by atoms with Crippen molar-refractivity contribution >= 4 is 5.78 Å². The third-order valence-electron chi connectivity index (χ3n) is 3.49. The second-order valence-electron chi connectivity index (χ2n) is 5.75. The van der Waals surface area contributed by atoms with Crippen LogP contribution in [0.3, 0.4) is 0 Å². The largest absolute Gasteiger partial charge is 0.489 e. The van der Waals surface area contributed by atoms with Crippen molar-refractivity contribution in [1.82, 2.24) is 10.3 Å². The first-order chi connectivity index (χ1) is 9.01. The Labute approximate surface area is 114 Å². The number of carbonyl (C=O) groups excluding carboxylic acids is 1. The van der Waals surface area contributed by atoms with E-state index >= 15 is 0 Å². The highest BCUT2D eigenvalue weighted by Crippen LogP contribution is 2.30. The van der Waals surface area contributed by atoms with E-state index in [-0.39, 0.29) is 17.3 Å². The number of nitrogens with one attached hydrogen (secondary N) is 1. The molecule has 0 spiro atoms. The molecule has 104 valence electrons. The second kappa shape index (κ2) is 5.70. The van der Waals surface area contributed by atoms with Crippen LogP contribution in [0.5, 0.6) is 5.75 Å². The molecule has 0 bridgehead atoms. The SMILES string of the molecule is CC(C)Oc1cncc(C(=O)C2(C)CCCNC2)c1. The van der Waals surface area contributed by atoms with Gasteiger partial charge in [-0.25, -0.2) is 0 Å². The molecule has 19 heavy (non-hydrogen) atoms. The van der Waals surface area contributed by atoms with E-state index in [1.54, 1.807) is 18.5 Å². The van der Waals surface area contributed by atoms with Crippen molar-refractivity contribution in [3.05, 3.63) is 24.0 Å². The zero-order chi connectivity index (χ0) is 13.9. The molecule has 1 N–H and O–H groups in total. The van der Waals surface area contributed by atoms with Gasteiger partial charge in [0.25, 0.3) is 0 Å². The van der Waals surface area contributed by atoms with Crippen molar-refractivity contribution in [2.45, 2.75) is 39.7 Å². The molecule has 1 aliphatic rings. The zero-order valence-electron chi connectivity index (χ0n) is 11.9. The third kappa shape index (κ3) is 3.32. The van der Waals surface area contributed by atoms with Crippen LogP contribution >= 0.6 is 0 Å². The first-order valence-electron chi connectivity index (χ1n) is 6.88. The summed E-state index contributed by atoms with van der Waals surface area (Å²) in [6.07, 6.45) is 5.33. The van der Waals surface area contributed by atoms with Crippen LogP contribution in [0.2, 0.25) is 0 Å². The highest BCUT2D eigenvalue weighted by atomic mass is 16.5. The summed E-state index contributed by atoms with van der Waals surface area (Å²) in [6.45, 7) is 7.68. The fourth-order valence-corrected chi connectivity index (χ4v) is 2.48. The van der Waals surface area contributed by atoms with E-state index in [2.05, 4.69) is 10.3 Å². The monoisotopic (exact) mass is 262 g/mol. The number of aromatic nitrogens is 1. The Kier molecular flexibility index (Phi) is 4.20. The number of carbonyl (C=O) groups is 1. The van der Waals surface area contributed by atoms with Crippen molar-refractivity contribution < 1.29 is 9.53 Å². The van der Waals surface area contributed by atoms with Crippen molar-refractivity contribution in [2.24, 2.45) is 5.41 Å². The molecule has 1 aliphatic heterocycles. The Hall–Kier alpha value is -1.42. The van der Waals surface area contributed by atoms with Crippen molar-refractivity contribution in [1.29, 1.82) is 0 Å². The summed E-state index contributed by atoms with van der Waals surface area (Å²) in [6, 6.07) is 1.80. The van der Waals surface area contributed by atoms with Crippen LogP contribution in [0.4, 0.5) is 0 Å². The Balaban J connectivity index is 2.18. The minimum absolute atomic E-state index is 0.0825. The van der Waals surface area contributed by atoms with Gasteiger partial charge in [0.05, 0.1) is 12.3 Å². The summed E-state index contributed by atoms with van der Waals surface area (Å²) in [7, 11) is 0. The van der Waals surface area contributed by atoms with Gasteiger partial charge in [0.1, 0.15) is 5.75 Å². The van der Waals surface area contributed by atoms with E-state index in [0.29, 0.717) is 11.3 Å². The molecule has 2 rings (SSSR count). The van der Waals surface area contributed by atoms with Gasteiger partial charge >= 0.3 is 0 Å². The van der Waals surface area contributed by atoms with E-state index < -0.39 is 0 Å². The normalized spacial score (nSPS) is 23.4. The van der Waals surface area contributed by atoms with Gasteiger partial charge < -0.3 is 10.1 Å². The molecule has 1 aromatic heterocycles. The van der Waals surface area contributed by atoms with Gasteiger partial charge in [-0.15, -0.1) is 0 Å². The number of ether oxygens (including phenoxy) is 1. The lowest BCUT2D eigenvalue weighted by Gasteiger charge is -2.32. The molecular weight excluding hydrogens is 240 g/mol. The van der Waals surface area contributed by atoms with Crippen LogP contribution in [0.15, 0.2) is 18.5 Å². The quantitative estimate of drug-likeness (QED) is 0.847. The molecule has 1 fully saturated rings. The van der Waals surface area contributed by atoms with Gasteiger partial charge in [-0.3, -0.25) is 9.78 Å². The molecule has 0 aliphatic carbocycles. The summed E-state index contributed by atoms with van der Waals surface area (Å²) in [4.78, 5) is 16.7. The highest BCUT2D eigenvalue weighted by molar-refractivity contribution is 6.00. The lowest BCUT2D eigenvalue weighted by Crippen LogP contribution is -2.43. The summed E-state index contributed by atoms with van der Waals surface area (Å²) in [5.74, 6) is 0.814. The molecule has 1 aromatic rings. The number of hydrogen-bond donors (Lipinski definition) is 1. The van der Waals surface area contributed by atoms with Gasteiger partial charge in [0, 0.05) is 23.7 Å². The summed E-state index contributed by atoms with van der Waals surface area (Å²) in [5, 5.41) is 3.30. The van der Waals surface area contributed by atoms with Gasteiger partial charge in [-0.1, -0.05) is 6.92 Å². The molecule has 1 saturated heterocycles. The molecule has 4 nitrogen and oxygen atoms in total. The lowest BCUT2D eigenvalue weighted by atomic mass is 9.77. The van der Waals surface area contributed by atoms with Crippen LogP contribution in [-0.2, 0) is 0 Å². The van der Waals surface area contributed by atoms with Gasteiger partial charge in [-0.05, 0) is 39.3 Å². The highest BCUT2D eigenvalue weighted by Gasteiger charge is 2.35. The lowest BCUT2D eigenvalue weighted by molar-refractivity contribution is 0.0772. The van der Waals surface area contributed by atoms with Crippen LogP contribution in [0, 0.1) is 5.41 Å². The van der Waals surface area contributed by atoms with Gasteiger partial charge in [-0.2, -0.15) is 0 Å². The van der Waals surface area contributed by atoms with E-state index in [4.69, 9.17) is 4.74 Å².